The van der Waals surface area contributed by atoms with E-state index in [1.165, 1.54) is 0 Å². The molecule has 1 unspecified atom stereocenters. The second-order valence-corrected chi connectivity index (χ2v) is 9.29. The largest absolute Gasteiger partial charge is 0.494 e. The Kier molecular flexibility index (Phi) is 6.57. The molecule has 1 aliphatic rings. The van der Waals surface area contributed by atoms with Gasteiger partial charge in [-0.05, 0) is 75.2 Å². The third kappa shape index (κ3) is 5.16. The number of aromatic amines is 1. The van der Waals surface area contributed by atoms with E-state index in [-0.39, 0.29) is 17.2 Å². The van der Waals surface area contributed by atoms with Crippen LogP contribution in [0.4, 0.5) is 0 Å². The van der Waals surface area contributed by atoms with E-state index >= 15 is 0 Å². The van der Waals surface area contributed by atoms with E-state index in [9.17, 15) is 4.79 Å². The summed E-state index contributed by atoms with van der Waals surface area (Å²) in [7, 11) is 0. The molecule has 32 heavy (non-hydrogen) atoms. The third-order valence-corrected chi connectivity index (χ3v) is 5.62. The highest BCUT2D eigenvalue weighted by molar-refractivity contribution is 5.80. The van der Waals surface area contributed by atoms with Crippen LogP contribution in [0.3, 0.4) is 0 Å². The number of tetrazole rings is 1. The Balaban J connectivity index is 1.63. The minimum absolute atomic E-state index is 0.0885. The predicted octanol–water partition coefficient (Wildman–Crippen LogP) is 2.85. The lowest BCUT2D eigenvalue weighted by Crippen LogP contribution is -2.35. The Morgan fingerprint density at radius 1 is 1.28 bits per heavy atom. The highest BCUT2D eigenvalue weighted by atomic mass is 16.5. The van der Waals surface area contributed by atoms with Gasteiger partial charge in [-0.15, -0.1) is 5.10 Å². The number of hydrogen-bond donors (Lipinski definition) is 1. The van der Waals surface area contributed by atoms with Gasteiger partial charge in [-0.1, -0.05) is 0 Å². The zero-order chi connectivity index (χ0) is 22.7. The van der Waals surface area contributed by atoms with Crippen LogP contribution in [0.2, 0.25) is 0 Å². The highest BCUT2D eigenvalue weighted by Gasteiger charge is 2.25. The van der Waals surface area contributed by atoms with Crippen LogP contribution in [-0.2, 0) is 23.4 Å². The van der Waals surface area contributed by atoms with Gasteiger partial charge in [0.2, 0.25) is 0 Å². The van der Waals surface area contributed by atoms with E-state index in [2.05, 4.69) is 46.2 Å². The van der Waals surface area contributed by atoms with Crippen molar-refractivity contribution < 1.29 is 9.47 Å². The van der Waals surface area contributed by atoms with Gasteiger partial charge < -0.3 is 14.5 Å². The number of rotatable bonds is 8. The van der Waals surface area contributed by atoms with Crippen LogP contribution < -0.4 is 10.3 Å². The summed E-state index contributed by atoms with van der Waals surface area (Å²) in [6, 6.07) is 7.67. The Hall–Kier alpha value is -2.78. The van der Waals surface area contributed by atoms with Crippen molar-refractivity contribution in [3.05, 3.63) is 46.0 Å². The number of H-pyrrole nitrogens is 1. The molecule has 0 spiro atoms. The monoisotopic (exact) mass is 440 g/mol. The highest BCUT2D eigenvalue weighted by Crippen LogP contribution is 2.22. The third-order valence-electron chi connectivity index (χ3n) is 5.62. The second kappa shape index (κ2) is 9.38. The molecular weight excluding hydrogens is 408 g/mol. The predicted molar refractivity (Wildman–Crippen MR) is 122 cm³/mol. The number of pyridine rings is 1. The van der Waals surface area contributed by atoms with Gasteiger partial charge in [-0.2, -0.15) is 0 Å². The maximum atomic E-state index is 12.9. The number of nitrogens with zero attached hydrogens (tertiary/aromatic N) is 5. The summed E-state index contributed by atoms with van der Waals surface area (Å²) in [5.74, 6) is 1.56. The lowest BCUT2D eigenvalue weighted by molar-refractivity contribution is 0.0657. The first-order chi connectivity index (χ1) is 15.3. The molecule has 1 aliphatic heterocycles. The molecule has 4 rings (SSSR count). The Morgan fingerprint density at radius 2 is 2.12 bits per heavy atom. The van der Waals surface area contributed by atoms with Gasteiger partial charge >= 0.3 is 0 Å². The van der Waals surface area contributed by atoms with E-state index in [0.29, 0.717) is 31.8 Å². The van der Waals surface area contributed by atoms with Crippen molar-refractivity contribution in [2.45, 2.75) is 65.3 Å². The van der Waals surface area contributed by atoms with E-state index in [1.54, 1.807) is 0 Å². The van der Waals surface area contributed by atoms with E-state index in [1.807, 2.05) is 35.9 Å². The molecule has 1 aromatic carbocycles. The van der Waals surface area contributed by atoms with Gasteiger partial charge in [0.05, 0.1) is 24.8 Å². The van der Waals surface area contributed by atoms with Crippen molar-refractivity contribution in [3.63, 3.8) is 0 Å². The molecule has 3 heterocycles. The van der Waals surface area contributed by atoms with Crippen molar-refractivity contribution in [1.29, 1.82) is 0 Å². The summed E-state index contributed by atoms with van der Waals surface area (Å²) in [6.45, 7) is 11.3. The smallest absolute Gasteiger partial charge is 0.252 e. The summed E-state index contributed by atoms with van der Waals surface area (Å²) in [5.41, 5.74) is 1.17. The topological polar surface area (TPSA) is 98.2 Å². The van der Waals surface area contributed by atoms with Crippen molar-refractivity contribution in [2.24, 2.45) is 0 Å². The summed E-state index contributed by atoms with van der Waals surface area (Å²) >= 11 is 0. The van der Waals surface area contributed by atoms with Gasteiger partial charge in [0.1, 0.15) is 5.75 Å². The molecule has 2 aromatic heterocycles. The average molecular weight is 441 g/mol. The minimum Gasteiger partial charge on any atom is -0.494 e. The molecular formula is C23H32N6O3. The molecule has 9 nitrogen and oxygen atoms in total. The van der Waals surface area contributed by atoms with Crippen molar-refractivity contribution in [2.75, 3.05) is 19.8 Å². The van der Waals surface area contributed by atoms with Crippen LogP contribution in [-0.4, -0.2) is 56.0 Å². The van der Waals surface area contributed by atoms with E-state index in [4.69, 9.17) is 9.47 Å². The van der Waals surface area contributed by atoms with Crippen LogP contribution in [0.25, 0.3) is 10.9 Å². The lowest BCUT2D eigenvalue weighted by Gasteiger charge is -2.26. The average Bonchev–Trinajstić information content (AvgIpc) is 3.41. The molecule has 3 aromatic rings. The van der Waals surface area contributed by atoms with Crippen LogP contribution in [0.1, 0.15) is 51.9 Å². The molecule has 0 radical (unpaired) electrons. The zero-order valence-electron chi connectivity index (χ0n) is 19.3. The number of ether oxygens (including phenoxy) is 2. The van der Waals surface area contributed by atoms with Gasteiger partial charge in [-0.25, -0.2) is 4.68 Å². The first-order valence-electron chi connectivity index (χ1n) is 11.2. The molecule has 1 atom stereocenters. The normalized spacial score (nSPS) is 16.8. The van der Waals surface area contributed by atoms with Crippen molar-refractivity contribution in [3.8, 4) is 5.75 Å². The number of benzene rings is 1. The first-order valence-corrected chi connectivity index (χ1v) is 11.2. The second-order valence-electron chi connectivity index (χ2n) is 9.29. The van der Waals surface area contributed by atoms with Gasteiger partial charge in [0.25, 0.3) is 5.56 Å². The summed E-state index contributed by atoms with van der Waals surface area (Å²) in [4.78, 5) is 18.1. The molecule has 1 N–H and O–H groups in total. The maximum absolute atomic E-state index is 12.9. The quantitative estimate of drug-likeness (QED) is 0.575. The van der Waals surface area contributed by atoms with Crippen LogP contribution in [0.5, 0.6) is 5.75 Å². The van der Waals surface area contributed by atoms with E-state index < -0.39 is 0 Å². The molecule has 1 saturated heterocycles. The maximum Gasteiger partial charge on any atom is 0.252 e. The van der Waals surface area contributed by atoms with Crippen LogP contribution >= 0.6 is 0 Å². The van der Waals surface area contributed by atoms with Gasteiger partial charge in [0, 0.05) is 36.2 Å². The van der Waals surface area contributed by atoms with Crippen LogP contribution in [0, 0.1) is 0 Å². The van der Waals surface area contributed by atoms with E-state index in [0.717, 1.165) is 41.9 Å². The Labute approximate surface area is 187 Å². The molecule has 9 heteroatoms. The molecule has 0 saturated carbocycles. The molecule has 0 amide bonds. The minimum atomic E-state index is -0.232. The summed E-state index contributed by atoms with van der Waals surface area (Å²) in [5, 5.41) is 13.3. The fourth-order valence-electron chi connectivity index (χ4n) is 4.13. The number of fused-ring (bicyclic) bond motifs is 1. The summed E-state index contributed by atoms with van der Waals surface area (Å²) in [6.07, 6.45) is 2.24. The standard InChI is InChI=1S/C23H32N6O3/c1-5-31-18-8-9-20-16(12-18)11-17(22(30)24-20)13-28(14-19-7-6-10-32-19)15-21-25-26-27-29(21)23(2,3)4/h8-9,11-12,19H,5-7,10,13-15H2,1-4H3,(H,24,30). The Morgan fingerprint density at radius 3 is 2.84 bits per heavy atom. The molecule has 1 fully saturated rings. The van der Waals surface area contributed by atoms with Crippen molar-refractivity contribution in [1.82, 2.24) is 30.1 Å². The Bertz CT molecular complexity index is 1110. The molecule has 0 aliphatic carbocycles. The van der Waals surface area contributed by atoms with Crippen molar-refractivity contribution >= 4 is 10.9 Å². The fourth-order valence-corrected chi connectivity index (χ4v) is 4.13. The van der Waals surface area contributed by atoms with Crippen LogP contribution in [0.15, 0.2) is 29.1 Å². The number of aromatic nitrogens is 5. The van der Waals surface area contributed by atoms with Gasteiger partial charge in [-0.3, -0.25) is 9.69 Å². The summed E-state index contributed by atoms with van der Waals surface area (Å²) < 4.78 is 13.3. The van der Waals surface area contributed by atoms with Gasteiger partial charge in [0.15, 0.2) is 5.82 Å². The molecule has 0 bridgehead atoms. The number of nitrogens with one attached hydrogen (secondary N) is 1. The zero-order valence-corrected chi connectivity index (χ0v) is 19.3. The molecule has 172 valence electrons. The fraction of sp³-hybridized carbons (Fsp3) is 0.565. The number of hydrogen-bond acceptors (Lipinski definition) is 7. The SMILES string of the molecule is CCOc1ccc2[nH]c(=O)c(CN(Cc3nnnn3C(C)(C)C)CC3CCCO3)cc2c1. The lowest BCUT2D eigenvalue weighted by atomic mass is 10.1. The first kappa shape index (κ1) is 22.4.